The van der Waals surface area contributed by atoms with Gasteiger partial charge in [0.15, 0.2) is 10.2 Å². The van der Waals surface area contributed by atoms with Gasteiger partial charge in [-0.2, -0.15) is 0 Å². The van der Waals surface area contributed by atoms with Gasteiger partial charge in [-0.05, 0) is 73.0 Å². The van der Waals surface area contributed by atoms with Crippen LogP contribution in [0.3, 0.4) is 0 Å². The van der Waals surface area contributed by atoms with Gasteiger partial charge in [-0.1, -0.05) is 60.7 Å². The molecule has 2 heterocycles. The molecule has 0 amide bonds. The fourth-order valence-corrected chi connectivity index (χ4v) is 4.97. The van der Waals surface area contributed by atoms with E-state index in [9.17, 15) is 0 Å². The summed E-state index contributed by atoms with van der Waals surface area (Å²) in [5, 5.41) is 12.0. The SMILES string of the molecule is S=C1NC(c2cccc(Oc3ccccc3)c2)N2C(=S)NC(c3cccc(Oc4ccccc4)c3)N12. The van der Waals surface area contributed by atoms with E-state index in [1.807, 2.05) is 119 Å². The summed E-state index contributed by atoms with van der Waals surface area (Å²) < 4.78 is 12.1. The number of rotatable bonds is 6. The molecule has 2 fully saturated rings. The van der Waals surface area contributed by atoms with Crippen molar-refractivity contribution in [1.82, 2.24) is 20.7 Å². The third-order valence-electron chi connectivity index (χ3n) is 5.96. The van der Waals surface area contributed by atoms with Gasteiger partial charge in [-0.15, -0.1) is 0 Å². The molecule has 2 aliphatic rings. The third-order valence-corrected chi connectivity index (χ3v) is 6.57. The Kier molecular flexibility index (Phi) is 5.88. The first-order valence-electron chi connectivity index (χ1n) is 11.5. The molecule has 2 atom stereocenters. The van der Waals surface area contributed by atoms with Crippen molar-refractivity contribution in [2.24, 2.45) is 0 Å². The predicted octanol–water partition coefficient (Wildman–Crippen LogP) is 6.26. The first kappa shape index (κ1) is 22.3. The topological polar surface area (TPSA) is 49.0 Å². The van der Waals surface area contributed by atoms with E-state index >= 15 is 0 Å². The highest BCUT2D eigenvalue weighted by molar-refractivity contribution is 7.80. The summed E-state index contributed by atoms with van der Waals surface area (Å²) >= 11 is 11.5. The highest BCUT2D eigenvalue weighted by Gasteiger charge is 2.47. The lowest BCUT2D eigenvalue weighted by Crippen LogP contribution is -2.36. The minimum atomic E-state index is -0.259. The molecule has 0 spiro atoms. The maximum atomic E-state index is 6.04. The Bertz CT molecular complexity index is 1310. The van der Waals surface area contributed by atoms with Crippen LogP contribution < -0.4 is 20.1 Å². The van der Waals surface area contributed by atoms with Crippen molar-refractivity contribution in [3.63, 3.8) is 0 Å². The Balaban J connectivity index is 1.25. The predicted molar refractivity (Wildman–Crippen MR) is 147 cm³/mol. The van der Waals surface area contributed by atoms with Crippen LogP contribution in [0.4, 0.5) is 0 Å². The number of benzene rings is 4. The van der Waals surface area contributed by atoms with Gasteiger partial charge >= 0.3 is 0 Å². The van der Waals surface area contributed by atoms with Gasteiger partial charge in [0.25, 0.3) is 0 Å². The number of thiocarbonyl (C=S) groups is 2. The maximum Gasteiger partial charge on any atom is 0.192 e. The third kappa shape index (κ3) is 4.32. The zero-order chi connectivity index (χ0) is 24.5. The van der Waals surface area contributed by atoms with Gasteiger partial charge in [0.1, 0.15) is 35.3 Å². The largest absolute Gasteiger partial charge is 0.457 e. The zero-order valence-corrected chi connectivity index (χ0v) is 20.7. The Labute approximate surface area is 220 Å². The summed E-state index contributed by atoms with van der Waals surface area (Å²) in [4.78, 5) is 0. The minimum Gasteiger partial charge on any atom is -0.457 e. The van der Waals surface area contributed by atoms with Crippen molar-refractivity contribution >= 4 is 34.7 Å². The van der Waals surface area contributed by atoms with Crippen LogP contribution in [0.1, 0.15) is 23.5 Å². The van der Waals surface area contributed by atoms with Gasteiger partial charge < -0.3 is 20.1 Å². The lowest BCUT2D eigenvalue weighted by atomic mass is 10.1. The summed E-state index contributed by atoms with van der Waals surface area (Å²) in [5.74, 6) is 3.04. The average molecular weight is 511 g/mol. The first-order valence-corrected chi connectivity index (χ1v) is 12.3. The van der Waals surface area contributed by atoms with Crippen LogP contribution in [0.5, 0.6) is 23.0 Å². The number of para-hydroxylation sites is 2. The molecule has 0 saturated carbocycles. The highest BCUT2D eigenvalue weighted by Crippen LogP contribution is 2.38. The fourth-order valence-electron chi connectivity index (χ4n) is 4.36. The molecule has 6 rings (SSSR count). The smallest absolute Gasteiger partial charge is 0.192 e. The van der Waals surface area contributed by atoms with Gasteiger partial charge in [0.05, 0.1) is 0 Å². The van der Waals surface area contributed by atoms with Crippen LogP contribution in [-0.2, 0) is 0 Å². The van der Waals surface area contributed by atoms with Crippen molar-refractivity contribution in [2.75, 3.05) is 0 Å². The van der Waals surface area contributed by atoms with Crippen molar-refractivity contribution in [3.8, 4) is 23.0 Å². The van der Waals surface area contributed by atoms with Crippen LogP contribution in [0.2, 0.25) is 0 Å². The summed E-state index contributed by atoms with van der Waals surface area (Å²) in [6.07, 6.45) is -0.517. The van der Waals surface area contributed by atoms with Gasteiger partial charge in [-0.3, -0.25) is 0 Å². The zero-order valence-electron chi connectivity index (χ0n) is 19.1. The van der Waals surface area contributed by atoms with E-state index in [2.05, 4.69) is 10.6 Å². The molecule has 2 aliphatic heterocycles. The Hall–Kier alpha value is -4.14. The van der Waals surface area contributed by atoms with E-state index < -0.39 is 0 Å². The standard InChI is InChI=1S/C28H22N4O2S2/c35-27-29-25(19-9-7-15-23(17-19)33-21-11-3-1-4-12-21)31-28(36)30-26(32(27)31)20-10-8-16-24(18-20)34-22-13-5-2-6-14-22/h1-18,25-26H,(H,29,35)(H,30,36). The number of nitrogens with zero attached hydrogens (tertiary/aromatic N) is 2. The number of hydrazine groups is 1. The summed E-state index contributed by atoms with van der Waals surface area (Å²) in [7, 11) is 0. The highest BCUT2D eigenvalue weighted by atomic mass is 32.1. The molecular weight excluding hydrogens is 488 g/mol. The lowest BCUT2D eigenvalue weighted by Gasteiger charge is -2.27. The van der Waals surface area contributed by atoms with E-state index in [-0.39, 0.29) is 12.3 Å². The average Bonchev–Trinajstić information content (AvgIpc) is 3.44. The van der Waals surface area contributed by atoms with Crippen LogP contribution in [0.15, 0.2) is 109 Å². The number of hydrogen-bond acceptors (Lipinski definition) is 4. The molecule has 2 unspecified atom stereocenters. The van der Waals surface area contributed by atoms with Crippen molar-refractivity contribution < 1.29 is 9.47 Å². The number of nitrogens with one attached hydrogen (secondary N) is 2. The van der Waals surface area contributed by atoms with E-state index in [0.717, 1.165) is 34.1 Å². The Morgan fingerprint density at radius 2 is 0.889 bits per heavy atom. The molecule has 0 bridgehead atoms. The second-order valence-electron chi connectivity index (χ2n) is 8.37. The van der Waals surface area contributed by atoms with Crippen molar-refractivity contribution in [3.05, 3.63) is 120 Å². The molecule has 0 radical (unpaired) electrons. The monoisotopic (exact) mass is 510 g/mol. The molecule has 6 nitrogen and oxygen atoms in total. The van der Waals surface area contributed by atoms with E-state index in [0.29, 0.717) is 10.2 Å². The van der Waals surface area contributed by atoms with Gasteiger partial charge in [0.2, 0.25) is 0 Å². The minimum absolute atomic E-state index is 0.259. The van der Waals surface area contributed by atoms with Gasteiger partial charge in [0, 0.05) is 11.1 Å². The fraction of sp³-hybridized carbons (Fsp3) is 0.0714. The van der Waals surface area contributed by atoms with Gasteiger partial charge in [-0.25, -0.2) is 10.0 Å². The lowest BCUT2D eigenvalue weighted by molar-refractivity contribution is 0.114. The molecule has 8 heteroatoms. The van der Waals surface area contributed by atoms with Crippen LogP contribution in [0.25, 0.3) is 0 Å². The molecule has 2 saturated heterocycles. The van der Waals surface area contributed by atoms with Crippen LogP contribution >= 0.6 is 24.4 Å². The second-order valence-corrected chi connectivity index (χ2v) is 9.14. The van der Waals surface area contributed by atoms with E-state index in [1.54, 1.807) is 0 Å². The molecule has 178 valence electrons. The number of fused-ring (bicyclic) bond motifs is 1. The Morgan fingerprint density at radius 1 is 0.500 bits per heavy atom. The molecule has 2 N–H and O–H groups in total. The quantitative estimate of drug-likeness (QED) is 0.295. The van der Waals surface area contributed by atoms with E-state index in [1.165, 1.54) is 0 Å². The maximum absolute atomic E-state index is 6.04. The summed E-state index contributed by atoms with van der Waals surface area (Å²) in [6, 6.07) is 35.3. The molecular formula is C28H22N4O2S2. The summed E-state index contributed by atoms with van der Waals surface area (Å²) in [6.45, 7) is 0. The normalized spacial score (nSPS) is 18.4. The molecule has 36 heavy (non-hydrogen) atoms. The number of hydrogen-bond donors (Lipinski definition) is 2. The Morgan fingerprint density at radius 3 is 1.31 bits per heavy atom. The first-order chi connectivity index (χ1) is 17.7. The molecule has 4 aromatic rings. The molecule has 4 aromatic carbocycles. The second kappa shape index (κ2) is 9.49. The molecule has 0 aliphatic carbocycles. The van der Waals surface area contributed by atoms with Crippen LogP contribution in [0, 0.1) is 0 Å². The van der Waals surface area contributed by atoms with Crippen molar-refractivity contribution in [2.45, 2.75) is 12.3 Å². The van der Waals surface area contributed by atoms with Crippen molar-refractivity contribution in [1.29, 1.82) is 0 Å². The number of ether oxygens (including phenoxy) is 2. The van der Waals surface area contributed by atoms with E-state index in [4.69, 9.17) is 33.9 Å². The molecule has 0 aromatic heterocycles. The summed E-state index contributed by atoms with van der Waals surface area (Å²) in [5.41, 5.74) is 1.97. The van der Waals surface area contributed by atoms with Crippen LogP contribution in [-0.4, -0.2) is 20.2 Å².